The van der Waals surface area contributed by atoms with Gasteiger partial charge in [0.05, 0.1) is 0 Å². The highest BCUT2D eigenvalue weighted by atomic mass is 16.5. The molecular formula is C10H9N7O3. The third-order valence-corrected chi connectivity index (χ3v) is 2.56. The van der Waals surface area contributed by atoms with Crippen LogP contribution in [0, 0.1) is 0 Å². The van der Waals surface area contributed by atoms with Crippen molar-refractivity contribution in [2.45, 2.75) is 0 Å². The Morgan fingerprint density at radius 3 is 3.25 bits per heavy atom. The van der Waals surface area contributed by atoms with Crippen LogP contribution in [0.1, 0.15) is 0 Å². The molecule has 1 aliphatic rings. The monoisotopic (exact) mass is 275 g/mol. The zero-order chi connectivity index (χ0) is 13.9. The lowest BCUT2D eigenvalue weighted by atomic mass is 10.3. The third-order valence-electron chi connectivity index (χ3n) is 2.56. The highest BCUT2D eigenvalue weighted by molar-refractivity contribution is 6.03. The first kappa shape index (κ1) is 12.0. The van der Waals surface area contributed by atoms with E-state index in [2.05, 4.69) is 30.9 Å². The Morgan fingerprint density at radius 1 is 1.55 bits per heavy atom. The maximum Gasteiger partial charge on any atom is 0.269 e. The Morgan fingerprint density at radius 2 is 2.45 bits per heavy atom. The van der Waals surface area contributed by atoms with Gasteiger partial charge in [-0.1, -0.05) is 5.10 Å². The molecule has 10 heteroatoms. The van der Waals surface area contributed by atoms with Gasteiger partial charge in [-0.25, -0.2) is 4.98 Å². The molecule has 0 unspecified atom stereocenters. The third kappa shape index (κ3) is 2.25. The molecule has 3 rings (SSSR count). The molecule has 1 aliphatic heterocycles. The Hall–Kier alpha value is -3.04. The van der Waals surface area contributed by atoms with Gasteiger partial charge in [0, 0.05) is 6.20 Å². The van der Waals surface area contributed by atoms with Crippen molar-refractivity contribution in [2.24, 2.45) is 0 Å². The number of fused-ring (bicyclic) bond motifs is 1. The molecule has 0 saturated heterocycles. The molecule has 2 aromatic rings. The van der Waals surface area contributed by atoms with Crippen LogP contribution in [0.3, 0.4) is 0 Å². The van der Waals surface area contributed by atoms with Crippen LogP contribution in [-0.2, 0) is 9.59 Å². The minimum Gasteiger partial charge on any atom is -0.480 e. The quantitative estimate of drug-likeness (QED) is 0.732. The van der Waals surface area contributed by atoms with Crippen molar-refractivity contribution in [1.29, 1.82) is 0 Å². The number of hydrogen-bond donors (Lipinski definition) is 2. The molecule has 0 bridgehead atoms. The molecule has 2 amide bonds. The molecular weight excluding hydrogens is 266 g/mol. The number of tetrazole rings is 1. The molecule has 10 nitrogen and oxygen atoms in total. The molecule has 2 aromatic heterocycles. The second-order valence-corrected chi connectivity index (χ2v) is 3.88. The van der Waals surface area contributed by atoms with Gasteiger partial charge in [0.15, 0.2) is 18.2 Å². The second-order valence-electron chi connectivity index (χ2n) is 3.88. The lowest BCUT2D eigenvalue weighted by Crippen LogP contribution is -2.44. The topological polar surface area (TPSA) is 126 Å². The Labute approximate surface area is 112 Å². The molecule has 102 valence electrons. The van der Waals surface area contributed by atoms with Gasteiger partial charge in [0.25, 0.3) is 11.9 Å². The summed E-state index contributed by atoms with van der Waals surface area (Å²) in [6.07, 6.45) is 1.52. The van der Waals surface area contributed by atoms with E-state index >= 15 is 0 Å². The van der Waals surface area contributed by atoms with Crippen LogP contribution in [0.2, 0.25) is 0 Å². The number of aromatic nitrogens is 5. The highest BCUT2D eigenvalue weighted by Crippen LogP contribution is 2.28. The van der Waals surface area contributed by atoms with Crippen LogP contribution >= 0.6 is 0 Å². The summed E-state index contributed by atoms with van der Waals surface area (Å²) < 4.78 is 5.23. The van der Waals surface area contributed by atoms with Crippen molar-refractivity contribution in [3.8, 4) is 5.75 Å². The van der Waals surface area contributed by atoms with Crippen molar-refractivity contribution < 1.29 is 14.3 Å². The molecule has 0 saturated carbocycles. The summed E-state index contributed by atoms with van der Waals surface area (Å²) in [5.74, 6) is 0.00106. The van der Waals surface area contributed by atoms with Gasteiger partial charge in [-0.05, 0) is 17.3 Å². The van der Waals surface area contributed by atoms with Gasteiger partial charge in [-0.2, -0.15) is 5.21 Å². The second kappa shape index (κ2) is 4.91. The first-order valence-electron chi connectivity index (χ1n) is 5.65. The fraction of sp³-hybridized carbons (Fsp3) is 0.200. The van der Waals surface area contributed by atoms with Crippen molar-refractivity contribution in [3.63, 3.8) is 0 Å². The number of pyridine rings is 1. The Bertz CT molecular complexity index is 642. The summed E-state index contributed by atoms with van der Waals surface area (Å²) in [6.45, 7) is -0.338. The van der Waals surface area contributed by atoms with Gasteiger partial charge in [-0.3, -0.25) is 19.8 Å². The molecule has 2 N–H and O–H groups in total. The molecule has 0 spiro atoms. The Kier molecular flexibility index (Phi) is 2.95. The Balaban J connectivity index is 1.76. The summed E-state index contributed by atoms with van der Waals surface area (Å²) >= 11 is 0. The van der Waals surface area contributed by atoms with Gasteiger partial charge in [-0.15, -0.1) is 5.10 Å². The normalized spacial score (nSPS) is 13.6. The number of nitrogens with one attached hydrogen (secondary N) is 2. The van der Waals surface area contributed by atoms with E-state index in [0.29, 0.717) is 11.6 Å². The maximum absolute atomic E-state index is 11.8. The number of hydrogen-bond acceptors (Lipinski definition) is 7. The number of H-pyrrole nitrogens is 1. The van der Waals surface area contributed by atoms with E-state index in [9.17, 15) is 9.59 Å². The van der Waals surface area contributed by atoms with Crippen LogP contribution in [-0.4, -0.2) is 50.6 Å². The summed E-state index contributed by atoms with van der Waals surface area (Å²) in [5.41, 5.74) is 0. The molecule has 0 aromatic carbocycles. The first-order chi connectivity index (χ1) is 9.74. The molecule has 0 atom stereocenters. The lowest BCUT2D eigenvalue weighted by molar-refractivity contribution is -0.123. The van der Waals surface area contributed by atoms with E-state index in [1.807, 2.05) is 0 Å². The average molecular weight is 275 g/mol. The number of rotatable bonds is 3. The molecule has 0 fully saturated rings. The fourth-order valence-electron chi connectivity index (χ4n) is 1.72. The summed E-state index contributed by atoms with van der Waals surface area (Å²) in [4.78, 5) is 29.0. The van der Waals surface area contributed by atoms with Crippen molar-refractivity contribution in [1.82, 2.24) is 25.6 Å². The van der Waals surface area contributed by atoms with Crippen LogP contribution in [0.5, 0.6) is 5.75 Å². The number of anilines is 2. The first-order valence-corrected chi connectivity index (χ1v) is 5.65. The van der Waals surface area contributed by atoms with Gasteiger partial charge < -0.3 is 4.74 Å². The van der Waals surface area contributed by atoms with Crippen LogP contribution in [0.15, 0.2) is 18.3 Å². The largest absolute Gasteiger partial charge is 0.480 e. The minimum absolute atomic E-state index is 0.0388. The number of amides is 2. The number of carbonyl (C=O) groups is 2. The number of carbonyl (C=O) groups excluding carboxylic acids is 2. The average Bonchev–Trinajstić information content (AvgIpc) is 2.95. The summed E-state index contributed by atoms with van der Waals surface area (Å²) in [7, 11) is 0. The van der Waals surface area contributed by atoms with E-state index in [0.717, 1.165) is 0 Å². The van der Waals surface area contributed by atoms with E-state index in [-0.39, 0.29) is 25.0 Å². The lowest BCUT2D eigenvalue weighted by Gasteiger charge is -2.27. The van der Waals surface area contributed by atoms with Crippen molar-refractivity contribution >= 4 is 23.6 Å². The standard InChI is InChI=1S/C10H9N7O3/c18-7(12-10-13-15-16-14-10)4-17-8(19)5-20-6-2-1-3-11-9(6)17/h1-3H,4-5H2,(H2,12,13,14,15,16,18). The maximum atomic E-state index is 11.8. The zero-order valence-corrected chi connectivity index (χ0v) is 10.1. The summed E-state index contributed by atoms with van der Waals surface area (Å²) in [5, 5.41) is 15.1. The van der Waals surface area contributed by atoms with Crippen LogP contribution < -0.4 is 15.0 Å². The van der Waals surface area contributed by atoms with Gasteiger partial charge >= 0.3 is 0 Å². The van der Waals surface area contributed by atoms with Crippen molar-refractivity contribution in [3.05, 3.63) is 18.3 Å². The molecule has 0 radical (unpaired) electrons. The van der Waals surface area contributed by atoms with E-state index in [1.54, 1.807) is 12.1 Å². The summed E-state index contributed by atoms with van der Waals surface area (Å²) in [6, 6.07) is 3.37. The predicted octanol–water partition coefficient (Wildman–Crippen LogP) is -1.04. The zero-order valence-electron chi connectivity index (χ0n) is 10.1. The molecule has 20 heavy (non-hydrogen) atoms. The fourth-order valence-corrected chi connectivity index (χ4v) is 1.72. The van der Waals surface area contributed by atoms with Crippen LogP contribution in [0.25, 0.3) is 0 Å². The SMILES string of the molecule is O=C(CN1C(=O)COc2cccnc21)Nc1nn[nH]n1. The number of aromatic amines is 1. The smallest absolute Gasteiger partial charge is 0.269 e. The molecule has 3 heterocycles. The van der Waals surface area contributed by atoms with Gasteiger partial charge in [0.1, 0.15) is 6.54 Å². The minimum atomic E-state index is -0.460. The number of ether oxygens (including phenoxy) is 1. The highest BCUT2D eigenvalue weighted by Gasteiger charge is 2.28. The van der Waals surface area contributed by atoms with E-state index in [4.69, 9.17) is 4.74 Å². The van der Waals surface area contributed by atoms with Crippen LogP contribution in [0.4, 0.5) is 11.8 Å². The van der Waals surface area contributed by atoms with Gasteiger partial charge in [0.2, 0.25) is 5.91 Å². The predicted molar refractivity (Wildman–Crippen MR) is 64.9 cm³/mol. The molecule has 0 aliphatic carbocycles. The van der Waals surface area contributed by atoms with Crippen molar-refractivity contribution in [2.75, 3.05) is 23.4 Å². The number of nitrogens with zero attached hydrogens (tertiary/aromatic N) is 5. The van der Waals surface area contributed by atoms with E-state index < -0.39 is 5.91 Å². The van der Waals surface area contributed by atoms with E-state index in [1.165, 1.54) is 11.1 Å².